The number of nitrogens with one attached hydrogen (secondary N) is 1. The second-order valence-electron chi connectivity index (χ2n) is 5.04. The largest absolute Gasteiger partial charge is 0.489 e. The summed E-state index contributed by atoms with van der Waals surface area (Å²) in [7, 11) is 0. The lowest BCUT2D eigenvalue weighted by molar-refractivity contribution is -0.384. The lowest BCUT2D eigenvalue weighted by Gasteiger charge is -2.08. The van der Waals surface area contributed by atoms with E-state index in [2.05, 4.69) is 11.9 Å². The average molecular weight is 312 g/mol. The van der Waals surface area contributed by atoms with Gasteiger partial charge < -0.3 is 10.1 Å². The second-order valence-corrected chi connectivity index (χ2v) is 5.04. The number of benzene rings is 2. The van der Waals surface area contributed by atoms with Crippen LogP contribution in [0.4, 0.5) is 11.4 Å². The Balaban J connectivity index is 2.11. The van der Waals surface area contributed by atoms with E-state index in [9.17, 15) is 14.9 Å². The molecule has 1 amide bonds. The number of nitro benzene ring substituents is 1. The zero-order valence-corrected chi connectivity index (χ0v) is 12.6. The van der Waals surface area contributed by atoms with E-state index in [1.165, 1.54) is 18.2 Å². The molecule has 2 aromatic carbocycles. The van der Waals surface area contributed by atoms with E-state index in [1.54, 1.807) is 30.3 Å². The third kappa shape index (κ3) is 4.67. The Kier molecular flexibility index (Phi) is 5.09. The molecule has 0 atom stereocenters. The molecule has 0 bridgehead atoms. The summed E-state index contributed by atoms with van der Waals surface area (Å²) in [5.41, 5.74) is 1.55. The van der Waals surface area contributed by atoms with Crippen molar-refractivity contribution in [3.05, 3.63) is 76.4 Å². The standard InChI is InChI=1S/C17H16N2O4/c1-12(2)11-23-16-8-3-5-13(9-16)17(20)18-14-6-4-7-15(10-14)19(21)22/h3-10H,1,11H2,2H3,(H,18,20). The fourth-order valence-corrected chi connectivity index (χ4v) is 1.83. The van der Waals surface area contributed by atoms with Crippen molar-refractivity contribution >= 4 is 17.3 Å². The van der Waals surface area contributed by atoms with Crippen LogP contribution in [0.1, 0.15) is 17.3 Å². The first kappa shape index (κ1) is 16.2. The highest BCUT2D eigenvalue weighted by Crippen LogP contribution is 2.19. The molecule has 2 rings (SSSR count). The Morgan fingerprint density at radius 3 is 2.70 bits per heavy atom. The maximum absolute atomic E-state index is 12.2. The first-order valence-corrected chi connectivity index (χ1v) is 6.89. The van der Waals surface area contributed by atoms with Gasteiger partial charge in [0.15, 0.2) is 0 Å². The first-order valence-electron chi connectivity index (χ1n) is 6.89. The van der Waals surface area contributed by atoms with Gasteiger partial charge in [-0.3, -0.25) is 14.9 Å². The number of hydrogen-bond acceptors (Lipinski definition) is 4. The molecule has 6 nitrogen and oxygen atoms in total. The lowest BCUT2D eigenvalue weighted by atomic mass is 10.2. The number of carbonyl (C=O) groups is 1. The van der Waals surface area contributed by atoms with Gasteiger partial charge >= 0.3 is 0 Å². The number of rotatable bonds is 6. The van der Waals surface area contributed by atoms with Gasteiger partial charge in [0.25, 0.3) is 11.6 Å². The number of non-ortho nitro benzene ring substituents is 1. The van der Waals surface area contributed by atoms with Crippen LogP contribution >= 0.6 is 0 Å². The molecule has 2 aromatic rings. The molecule has 6 heteroatoms. The summed E-state index contributed by atoms with van der Waals surface area (Å²) in [6.45, 7) is 5.96. The van der Waals surface area contributed by atoms with Crippen molar-refractivity contribution in [1.82, 2.24) is 0 Å². The number of carbonyl (C=O) groups excluding carboxylic acids is 1. The lowest BCUT2D eigenvalue weighted by Crippen LogP contribution is -2.12. The molecule has 0 unspecified atom stereocenters. The van der Waals surface area contributed by atoms with Gasteiger partial charge in [-0.25, -0.2) is 0 Å². The molecule has 0 radical (unpaired) electrons. The van der Waals surface area contributed by atoms with Crippen LogP contribution in [0.3, 0.4) is 0 Å². The number of nitrogens with zero attached hydrogens (tertiary/aromatic N) is 1. The van der Waals surface area contributed by atoms with Crippen molar-refractivity contribution in [3.8, 4) is 5.75 Å². The third-order valence-corrected chi connectivity index (χ3v) is 2.90. The Morgan fingerprint density at radius 2 is 2.00 bits per heavy atom. The van der Waals surface area contributed by atoms with Crippen molar-refractivity contribution in [3.63, 3.8) is 0 Å². The number of nitro groups is 1. The van der Waals surface area contributed by atoms with E-state index >= 15 is 0 Å². The number of hydrogen-bond donors (Lipinski definition) is 1. The van der Waals surface area contributed by atoms with Crippen LogP contribution in [0.15, 0.2) is 60.7 Å². The minimum atomic E-state index is -0.512. The summed E-state index contributed by atoms with van der Waals surface area (Å²) >= 11 is 0. The Bertz CT molecular complexity index is 756. The highest BCUT2D eigenvalue weighted by molar-refractivity contribution is 6.04. The van der Waals surface area contributed by atoms with E-state index < -0.39 is 4.92 Å². The van der Waals surface area contributed by atoms with Gasteiger partial charge in [0, 0.05) is 23.4 Å². The molecule has 0 saturated heterocycles. The molecule has 0 heterocycles. The van der Waals surface area contributed by atoms with Crippen molar-refractivity contribution in [1.29, 1.82) is 0 Å². The Morgan fingerprint density at radius 1 is 1.26 bits per heavy atom. The fraction of sp³-hybridized carbons (Fsp3) is 0.118. The molecule has 0 aromatic heterocycles. The third-order valence-electron chi connectivity index (χ3n) is 2.90. The summed E-state index contributed by atoms with van der Waals surface area (Å²) < 4.78 is 5.49. The Labute approximate surface area is 133 Å². The smallest absolute Gasteiger partial charge is 0.271 e. The molecule has 23 heavy (non-hydrogen) atoms. The molecule has 0 fully saturated rings. The number of ether oxygens (including phenoxy) is 1. The zero-order valence-electron chi connectivity index (χ0n) is 12.6. The maximum atomic E-state index is 12.2. The minimum Gasteiger partial charge on any atom is -0.489 e. The predicted octanol–water partition coefficient (Wildman–Crippen LogP) is 3.80. The van der Waals surface area contributed by atoms with Gasteiger partial charge in [0.05, 0.1) is 4.92 Å². The highest BCUT2D eigenvalue weighted by Gasteiger charge is 2.10. The van der Waals surface area contributed by atoms with Crippen molar-refractivity contribution in [2.75, 3.05) is 11.9 Å². The van der Waals surface area contributed by atoms with Gasteiger partial charge in [0.2, 0.25) is 0 Å². The molecule has 0 aliphatic heterocycles. The number of amides is 1. The molecule has 0 aliphatic carbocycles. The monoisotopic (exact) mass is 312 g/mol. The van der Waals surface area contributed by atoms with E-state index in [0.717, 1.165) is 5.57 Å². The molecule has 0 saturated carbocycles. The molecule has 1 N–H and O–H groups in total. The maximum Gasteiger partial charge on any atom is 0.271 e. The van der Waals surface area contributed by atoms with Crippen molar-refractivity contribution in [2.24, 2.45) is 0 Å². The van der Waals surface area contributed by atoms with Gasteiger partial charge in [-0.15, -0.1) is 0 Å². The van der Waals surface area contributed by atoms with Crippen LogP contribution in [-0.4, -0.2) is 17.4 Å². The first-order chi connectivity index (χ1) is 11.0. The summed E-state index contributed by atoms with van der Waals surface area (Å²) in [6.07, 6.45) is 0. The topological polar surface area (TPSA) is 81.5 Å². The zero-order chi connectivity index (χ0) is 16.8. The molecule has 0 aliphatic rings. The van der Waals surface area contributed by atoms with Crippen LogP contribution in [0.25, 0.3) is 0 Å². The molecule has 118 valence electrons. The van der Waals surface area contributed by atoms with Gasteiger partial charge in [-0.05, 0) is 36.8 Å². The van der Waals surface area contributed by atoms with Gasteiger partial charge in [0.1, 0.15) is 12.4 Å². The minimum absolute atomic E-state index is 0.0821. The summed E-state index contributed by atoms with van der Waals surface area (Å²) in [6, 6.07) is 12.5. The quantitative estimate of drug-likeness (QED) is 0.499. The van der Waals surface area contributed by atoms with Crippen LogP contribution < -0.4 is 10.1 Å². The molecular weight excluding hydrogens is 296 g/mol. The van der Waals surface area contributed by atoms with Gasteiger partial charge in [-0.2, -0.15) is 0 Å². The SMILES string of the molecule is C=C(C)COc1cccc(C(=O)Nc2cccc([N+](=O)[O-])c2)c1. The van der Waals surface area contributed by atoms with E-state index in [1.807, 2.05) is 6.92 Å². The predicted molar refractivity (Wildman–Crippen MR) is 87.8 cm³/mol. The number of anilines is 1. The van der Waals surface area contributed by atoms with Crippen LogP contribution in [0.2, 0.25) is 0 Å². The normalized spacial score (nSPS) is 9.96. The summed E-state index contributed by atoms with van der Waals surface area (Å²) in [4.78, 5) is 22.5. The summed E-state index contributed by atoms with van der Waals surface area (Å²) in [5, 5.41) is 13.4. The summed E-state index contributed by atoms with van der Waals surface area (Å²) in [5.74, 6) is 0.186. The van der Waals surface area contributed by atoms with Crippen molar-refractivity contribution in [2.45, 2.75) is 6.92 Å². The van der Waals surface area contributed by atoms with E-state index in [0.29, 0.717) is 23.6 Å². The average Bonchev–Trinajstić information content (AvgIpc) is 2.53. The Hall–Kier alpha value is -3.15. The molecule has 0 spiro atoms. The highest BCUT2D eigenvalue weighted by atomic mass is 16.6. The second kappa shape index (κ2) is 7.22. The fourth-order valence-electron chi connectivity index (χ4n) is 1.83. The van der Waals surface area contributed by atoms with E-state index in [4.69, 9.17) is 4.74 Å². The van der Waals surface area contributed by atoms with Crippen LogP contribution in [0.5, 0.6) is 5.75 Å². The van der Waals surface area contributed by atoms with Crippen LogP contribution in [-0.2, 0) is 0 Å². The molecular formula is C17H16N2O4. The van der Waals surface area contributed by atoms with Crippen LogP contribution in [0, 0.1) is 10.1 Å². The van der Waals surface area contributed by atoms with Crippen molar-refractivity contribution < 1.29 is 14.5 Å². The van der Waals surface area contributed by atoms with E-state index in [-0.39, 0.29) is 11.6 Å². The van der Waals surface area contributed by atoms with Gasteiger partial charge in [-0.1, -0.05) is 18.7 Å².